The second-order valence-corrected chi connectivity index (χ2v) is 4.61. The lowest BCUT2D eigenvalue weighted by Crippen LogP contribution is -2.18. The van der Waals surface area contributed by atoms with Crippen molar-refractivity contribution in [2.75, 3.05) is 0 Å². The van der Waals surface area contributed by atoms with Crippen molar-refractivity contribution in [3.05, 3.63) is 29.3 Å². The first kappa shape index (κ1) is 12.6. The van der Waals surface area contributed by atoms with Crippen molar-refractivity contribution in [1.82, 2.24) is 0 Å². The number of carbonyl (C=O) groups is 1. The van der Waals surface area contributed by atoms with Crippen molar-refractivity contribution >= 4 is 6.16 Å². The molecule has 0 aromatic heterocycles. The largest absolute Gasteiger partial charge is 0.511 e. The minimum absolute atomic E-state index is 0.0865. The normalized spacial score (nSPS) is 11.2. The summed E-state index contributed by atoms with van der Waals surface area (Å²) in [5.74, 6) is 0.435. The van der Waals surface area contributed by atoms with Crippen LogP contribution < -0.4 is 4.74 Å². The van der Waals surface area contributed by atoms with Crippen molar-refractivity contribution in [1.29, 1.82) is 0 Å². The van der Waals surface area contributed by atoms with E-state index in [4.69, 9.17) is 9.84 Å². The van der Waals surface area contributed by atoms with Gasteiger partial charge in [0.25, 0.3) is 0 Å². The van der Waals surface area contributed by atoms with Crippen LogP contribution in [0.15, 0.2) is 18.2 Å². The zero-order valence-electron chi connectivity index (χ0n) is 10.2. The molecule has 88 valence electrons. The maximum Gasteiger partial charge on any atom is 0.511 e. The lowest BCUT2D eigenvalue weighted by atomic mass is 9.81. The molecular formula is C13H18O3. The van der Waals surface area contributed by atoms with E-state index in [2.05, 4.69) is 20.8 Å². The molecule has 0 saturated heterocycles. The van der Waals surface area contributed by atoms with Crippen LogP contribution in [0.1, 0.15) is 38.3 Å². The summed E-state index contributed by atoms with van der Waals surface area (Å²) in [6.45, 7) is 8.22. The third kappa shape index (κ3) is 2.75. The summed E-state index contributed by atoms with van der Waals surface area (Å²) in [6, 6.07) is 5.56. The van der Waals surface area contributed by atoms with Crippen LogP contribution in [0.2, 0.25) is 0 Å². The Hall–Kier alpha value is -1.51. The van der Waals surface area contributed by atoms with Crippen molar-refractivity contribution in [3.63, 3.8) is 0 Å². The molecule has 0 atom stereocenters. The van der Waals surface area contributed by atoms with Gasteiger partial charge >= 0.3 is 6.16 Å². The van der Waals surface area contributed by atoms with Gasteiger partial charge < -0.3 is 9.84 Å². The summed E-state index contributed by atoms with van der Waals surface area (Å²) >= 11 is 0. The molecule has 0 aliphatic heterocycles. The Balaban J connectivity index is 3.23. The Kier molecular flexibility index (Phi) is 3.58. The monoisotopic (exact) mass is 222 g/mol. The molecule has 0 bridgehead atoms. The molecule has 1 aromatic carbocycles. The van der Waals surface area contributed by atoms with E-state index in [0.717, 1.165) is 17.5 Å². The van der Waals surface area contributed by atoms with Gasteiger partial charge in [-0.25, -0.2) is 4.79 Å². The number of ether oxygens (including phenoxy) is 1. The Morgan fingerprint density at radius 3 is 2.56 bits per heavy atom. The van der Waals surface area contributed by atoms with Gasteiger partial charge in [-0.2, -0.15) is 0 Å². The Bertz CT molecular complexity index is 394. The summed E-state index contributed by atoms with van der Waals surface area (Å²) in [7, 11) is 0. The predicted molar refractivity (Wildman–Crippen MR) is 63.1 cm³/mol. The van der Waals surface area contributed by atoms with Gasteiger partial charge in [0, 0.05) is 5.56 Å². The molecule has 0 aliphatic carbocycles. The first-order valence-corrected chi connectivity index (χ1v) is 5.38. The summed E-state index contributed by atoms with van der Waals surface area (Å²) in [6.07, 6.45) is -0.344. The number of aryl methyl sites for hydroxylation is 1. The van der Waals surface area contributed by atoms with Crippen LogP contribution in [0.5, 0.6) is 5.75 Å². The summed E-state index contributed by atoms with van der Waals surface area (Å²) < 4.78 is 4.81. The van der Waals surface area contributed by atoms with Crippen molar-refractivity contribution < 1.29 is 14.6 Å². The van der Waals surface area contributed by atoms with Crippen LogP contribution in [0.3, 0.4) is 0 Å². The minimum atomic E-state index is -1.27. The summed E-state index contributed by atoms with van der Waals surface area (Å²) in [5.41, 5.74) is 1.96. The fraction of sp³-hybridized carbons (Fsp3) is 0.462. The molecule has 0 saturated carbocycles. The van der Waals surface area contributed by atoms with Gasteiger partial charge in [0.05, 0.1) is 0 Å². The van der Waals surface area contributed by atoms with Gasteiger partial charge in [-0.1, -0.05) is 38.5 Å². The molecule has 0 fully saturated rings. The quantitative estimate of drug-likeness (QED) is 0.626. The fourth-order valence-electron chi connectivity index (χ4n) is 1.55. The van der Waals surface area contributed by atoms with Gasteiger partial charge in [-0.15, -0.1) is 0 Å². The van der Waals surface area contributed by atoms with E-state index in [1.807, 2.05) is 19.1 Å². The standard InChI is InChI=1S/C13H18O3/c1-5-13(3,4)10-8-9(2)6-7-11(10)16-12(14)15/h6-8H,5H2,1-4H3,(H,14,15). The first-order valence-electron chi connectivity index (χ1n) is 5.38. The zero-order chi connectivity index (χ0) is 12.3. The highest BCUT2D eigenvalue weighted by molar-refractivity contribution is 5.62. The molecule has 0 unspecified atom stereocenters. The molecule has 0 amide bonds. The molecule has 16 heavy (non-hydrogen) atoms. The molecule has 1 rings (SSSR count). The number of carboxylic acid groups (broad SMARTS) is 1. The van der Waals surface area contributed by atoms with Crippen molar-refractivity contribution in [2.24, 2.45) is 0 Å². The van der Waals surface area contributed by atoms with E-state index in [0.29, 0.717) is 5.75 Å². The molecular weight excluding hydrogens is 204 g/mol. The molecule has 3 heteroatoms. The van der Waals surface area contributed by atoms with Crippen LogP contribution in [0, 0.1) is 6.92 Å². The lowest BCUT2D eigenvalue weighted by molar-refractivity contribution is 0.143. The van der Waals surface area contributed by atoms with Crippen molar-refractivity contribution in [3.8, 4) is 5.75 Å². The van der Waals surface area contributed by atoms with Crippen LogP contribution >= 0.6 is 0 Å². The average Bonchev–Trinajstić information content (AvgIpc) is 2.20. The van der Waals surface area contributed by atoms with E-state index in [1.54, 1.807) is 6.07 Å². The highest BCUT2D eigenvalue weighted by Gasteiger charge is 2.23. The van der Waals surface area contributed by atoms with Gasteiger partial charge in [0.1, 0.15) is 5.75 Å². The van der Waals surface area contributed by atoms with Crippen LogP contribution in [-0.2, 0) is 5.41 Å². The number of rotatable bonds is 3. The molecule has 3 nitrogen and oxygen atoms in total. The van der Waals surface area contributed by atoms with Gasteiger partial charge in [0.15, 0.2) is 0 Å². The highest BCUT2D eigenvalue weighted by Crippen LogP contribution is 2.34. The van der Waals surface area contributed by atoms with Gasteiger partial charge in [0.2, 0.25) is 0 Å². The second kappa shape index (κ2) is 4.56. The van der Waals surface area contributed by atoms with E-state index in [9.17, 15) is 4.79 Å². The first-order chi connectivity index (χ1) is 7.36. The van der Waals surface area contributed by atoms with E-state index >= 15 is 0 Å². The SMILES string of the molecule is CCC(C)(C)c1cc(C)ccc1OC(=O)O. The average molecular weight is 222 g/mol. The van der Waals surface area contributed by atoms with Crippen LogP contribution in [0.4, 0.5) is 4.79 Å². The smallest absolute Gasteiger partial charge is 0.449 e. The fourth-order valence-corrected chi connectivity index (χ4v) is 1.55. The van der Waals surface area contributed by atoms with E-state index < -0.39 is 6.16 Å². The molecule has 0 heterocycles. The zero-order valence-corrected chi connectivity index (χ0v) is 10.2. The summed E-state index contributed by atoms with van der Waals surface area (Å²) in [4.78, 5) is 10.6. The Morgan fingerprint density at radius 2 is 2.06 bits per heavy atom. The minimum Gasteiger partial charge on any atom is -0.449 e. The molecule has 1 aromatic rings. The maximum absolute atomic E-state index is 10.6. The topological polar surface area (TPSA) is 46.5 Å². The molecule has 0 radical (unpaired) electrons. The van der Waals surface area contributed by atoms with Gasteiger partial charge in [-0.3, -0.25) is 0 Å². The highest BCUT2D eigenvalue weighted by atomic mass is 16.7. The van der Waals surface area contributed by atoms with Crippen LogP contribution in [0.25, 0.3) is 0 Å². The second-order valence-electron chi connectivity index (χ2n) is 4.61. The summed E-state index contributed by atoms with van der Waals surface area (Å²) in [5, 5.41) is 8.68. The Morgan fingerprint density at radius 1 is 1.44 bits per heavy atom. The maximum atomic E-state index is 10.6. The number of hydrogen-bond donors (Lipinski definition) is 1. The number of hydrogen-bond acceptors (Lipinski definition) is 2. The van der Waals surface area contributed by atoms with Gasteiger partial charge in [-0.05, 0) is 24.8 Å². The number of benzene rings is 1. The molecule has 0 aliphatic rings. The Labute approximate surface area is 96.1 Å². The molecule has 0 spiro atoms. The third-order valence-electron chi connectivity index (χ3n) is 2.95. The van der Waals surface area contributed by atoms with Crippen LogP contribution in [-0.4, -0.2) is 11.3 Å². The van der Waals surface area contributed by atoms with Crippen molar-refractivity contribution in [2.45, 2.75) is 39.5 Å². The predicted octanol–water partition coefficient (Wildman–Crippen LogP) is 3.74. The molecule has 1 N–H and O–H groups in total. The van der Waals surface area contributed by atoms with E-state index in [-0.39, 0.29) is 5.41 Å². The third-order valence-corrected chi connectivity index (χ3v) is 2.95. The lowest BCUT2D eigenvalue weighted by Gasteiger charge is -2.25. The van der Waals surface area contributed by atoms with E-state index in [1.165, 1.54) is 0 Å².